The molecule has 0 aliphatic carbocycles. The predicted octanol–water partition coefficient (Wildman–Crippen LogP) is 2.04. The molecule has 0 radical (unpaired) electrons. The molecular formula is C12H15BrN2O2. The number of benzene rings is 1. The summed E-state index contributed by atoms with van der Waals surface area (Å²) in [5.41, 5.74) is 0.965. The van der Waals surface area contributed by atoms with Crippen molar-refractivity contribution in [1.82, 2.24) is 10.6 Å². The molecule has 1 unspecified atom stereocenters. The van der Waals surface area contributed by atoms with Crippen LogP contribution in [0.1, 0.15) is 12.0 Å². The Bertz CT molecular complexity index is 392. The first-order chi connectivity index (χ1) is 8.25. The van der Waals surface area contributed by atoms with E-state index in [1.54, 1.807) is 0 Å². The third-order valence-corrected chi connectivity index (χ3v) is 3.47. The molecule has 1 fully saturated rings. The first-order valence-electron chi connectivity index (χ1n) is 5.63. The number of amides is 1. The fourth-order valence-electron chi connectivity index (χ4n) is 1.74. The summed E-state index contributed by atoms with van der Waals surface area (Å²) in [4.78, 5) is 11.5. The summed E-state index contributed by atoms with van der Waals surface area (Å²) < 4.78 is 6.12. The summed E-state index contributed by atoms with van der Waals surface area (Å²) in [7, 11) is 0. The molecule has 92 valence electrons. The smallest absolute Gasteiger partial charge is 0.407 e. The Morgan fingerprint density at radius 3 is 3.06 bits per heavy atom. The van der Waals surface area contributed by atoms with Crippen LogP contribution < -0.4 is 10.6 Å². The van der Waals surface area contributed by atoms with Crippen molar-refractivity contribution in [3.8, 4) is 0 Å². The predicted molar refractivity (Wildman–Crippen MR) is 68.7 cm³/mol. The highest BCUT2D eigenvalue weighted by atomic mass is 79.9. The Kier molecular flexibility index (Phi) is 4.39. The van der Waals surface area contributed by atoms with E-state index < -0.39 is 0 Å². The van der Waals surface area contributed by atoms with E-state index in [4.69, 9.17) is 4.74 Å². The molecule has 2 N–H and O–H groups in total. The molecule has 1 heterocycles. The van der Waals surface area contributed by atoms with E-state index in [-0.39, 0.29) is 18.7 Å². The lowest BCUT2D eigenvalue weighted by Gasteiger charge is -2.12. The van der Waals surface area contributed by atoms with Gasteiger partial charge in [-0.3, -0.25) is 0 Å². The standard InChI is InChI=1S/C12H15BrN2O2/c13-11-4-2-1-3-9(11)8-17-12(16)15-10-5-6-14-7-10/h1-4,10,14H,5-8H2,(H,15,16). The van der Waals surface area contributed by atoms with Gasteiger partial charge in [0, 0.05) is 22.6 Å². The number of halogens is 1. The summed E-state index contributed by atoms with van der Waals surface area (Å²) in [6.07, 6.45) is 0.610. The molecule has 2 rings (SSSR count). The van der Waals surface area contributed by atoms with Crippen LogP contribution in [0.4, 0.5) is 4.79 Å². The van der Waals surface area contributed by atoms with E-state index in [0.29, 0.717) is 0 Å². The highest BCUT2D eigenvalue weighted by Crippen LogP contribution is 2.16. The molecule has 0 spiro atoms. The average molecular weight is 299 g/mol. The molecular weight excluding hydrogens is 284 g/mol. The monoisotopic (exact) mass is 298 g/mol. The number of carbonyl (C=O) groups excluding carboxylic acids is 1. The summed E-state index contributed by atoms with van der Waals surface area (Å²) in [6, 6.07) is 7.90. The van der Waals surface area contributed by atoms with Crippen molar-refractivity contribution < 1.29 is 9.53 Å². The van der Waals surface area contributed by atoms with Crippen LogP contribution in [0, 0.1) is 0 Å². The van der Waals surface area contributed by atoms with Crippen LogP contribution in [0.25, 0.3) is 0 Å². The van der Waals surface area contributed by atoms with Crippen LogP contribution in [-0.4, -0.2) is 25.2 Å². The first-order valence-corrected chi connectivity index (χ1v) is 6.42. The van der Waals surface area contributed by atoms with Crippen LogP contribution in [0.3, 0.4) is 0 Å². The third kappa shape index (κ3) is 3.71. The molecule has 0 saturated carbocycles. The van der Waals surface area contributed by atoms with Crippen molar-refractivity contribution in [3.63, 3.8) is 0 Å². The van der Waals surface area contributed by atoms with Gasteiger partial charge in [-0.15, -0.1) is 0 Å². The SMILES string of the molecule is O=C(NC1CCNC1)OCc1ccccc1Br. The van der Waals surface area contributed by atoms with Gasteiger partial charge in [0.25, 0.3) is 0 Å². The molecule has 0 bridgehead atoms. The van der Waals surface area contributed by atoms with Crippen molar-refractivity contribution in [2.24, 2.45) is 0 Å². The zero-order valence-electron chi connectivity index (χ0n) is 9.41. The van der Waals surface area contributed by atoms with Gasteiger partial charge in [-0.1, -0.05) is 34.1 Å². The van der Waals surface area contributed by atoms with Gasteiger partial charge in [0.05, 0.1) is 0 Å². The van der Waals surface area contributed by atoms with Gasteiger partial charge < -0.3 is 15.4 Å². The summed E-state index contributed by atoms with van der Waals surface area (Å²) in [6.45, 7) is 2.06. The van der Waals surface area contributed by atoms with E-state index in [0.717, 1.165) is 29.5 Å². The van der Waals surface area contributed by atoms with Gasteiger partial charge >= 0.3 is 6.09 Å². The minimum atomic E-state index is -0.352. The van der Waals surface area contributed by atoms with Crippen LogP contribution in [0.15, 0.2) is 28.7 Å². The summed E-state index contributed by atoms with van der Waals surface area (Å²) >= 11 is 3.41. The fraction of sp³-hybridized carbons (Fsp3) is 0.417. The molecule has 4 nitrogen and oxygen atoms in total. The highest BCUT2D eigenvalue weighted by molar-refractivity contribution is 9.10. The Morgan fingerprint density at radius 2 is 2.35 bits per heavy atom. The number of hydrogen-bond acceptors (Lipinski definition) is 3. The molecule has 1 aliphatic rings. The average Bonchev–Trinajstić information content (AvgIpc) is 2.81. The molecule has 5 heteroatoms. The maximum Gasteiger partial charge on any atom is 0.407 e. The number of ether oxygens (including phenoxy) is 1. The van der Waals surface area contributed by atoms with Gasteiger partial charge in [-0.2, -0.15) is 0 Å². The quantitative estimate of drug-likeness (QED) is 0.898. The molecule has 17 heavy (non-hydrogen) atoms. The summed E-state index contributed by atoms with van der Waals surface area (Å²) in [5, 5.41) is 6.01. The lowest BCUT2D eigenvalue weighted by atomic mass is 10.2. The van der Waals surface area contributed by atoms with Crippen LogP contribution in [0.5, 0.6) is 0 Å². The van der Waals surface area contributed by atoms with Crippen molar-refractivity contribution in [3.05, 3.63) is 34.3 Å². The van der Waals surface area contributed by atoms with Crippen LogP contribution >= 0.6 is 15.9 Å². The van der Waals surface area contributed by atoms with Crippen LogP contribution in [-0.2, 0) is 11.3 Å². The van der Waals surface area contributed by atoms with E-state index >= 15 is 0 Å². The highest BCUT2D eigenvalue weighted by Gasteiger charge is 2.17. The second kappa shape index (κ2) is 6.02. The Morgan fingerprint density at radius 1 is 1.53 bits per heavy atom. The zero-order valence-corrected chi connectivity index (χ0v) is 11.0. The van der Waals surface area contributed by atoms with Crippen LogP contribution in [0.2, 0.25) is 0 Å². The molecule has 1 saturated heterocycles. The summed E-state index contributed by atoms with van der Waals surface area (Å²) in [5.74, 6) is 0. The maximum atomic E-state index is 11.5. The molecule has 1 aromatic rings. The topological polar surface area (TPSA) is 50.4 Å². The first kappa shape index (κ1) is 12.4. The van der Waals surface area contributed by atoms with Gasteiger partial charge in [0.2, 0.25) is 0 Å². The Labute approximate surface area is 109 Å². The Hall–Kier alpha value is -1.07. The molecule has 1 aromatic carbocycles. The van der Waals surface area contributed by atoms with E-state index in [1.807, 2.05) is 24.3 Å². The molecule has 0 aromatic heterocycles. The Balaban J connectivity index is 1.77. The maximum absolute atomic E-state index is 11.5. The second-order valence-corrected chi connectivity index (χ2v) is 4.86. The molecule has 1 amide bonds. The van der Waals surface area contributed by atoms with Crippen molar-refractivity contribution in [2.45, 2.75) is 19.1 Å². The normalized spacial score (nSPS) is 19.0. The lowest BCUT2D eigenvalue weighted by molar-refractivity contribution is 0.136. The van der Waals surface area contributed by atoms with Gasteiger partial charge in [-0.05, 0) is 19.0 Å². The third-order valence-electron chi connectivity index (χ3n) is 2.70. The van der Waals surface area contributed by atoms with E-state index in [9.17, 15) is 4.79 Å². The number of alkyl carbamates (subject to hydrolysis) is 1. The minimum absolute atomic E-state index is 0.196. The van der Waals surface area contributed by atoms with Crippen molar-refractivity contribution in [1.29, 1.82) is 0 Å². The molecule has 1 atom stereocenters. The fourth-order valence-corrected chi connectivity index (χ4v) is 2.14. The number of rotatable bonds is 3. The van der Waals surface area contributed by atoms with Gasteiger partial charge in [0.15, 0.2) is 0 Å². The number of carbonyl (C=O) groups is 1. The van der Waals surface area contributed by atoms with Gasteiger partial charge in [-0.25, -0.2) is 4.79 Å². The van der Waals surface area contributed by atoms with Gasteiger partial charge in [0.1, 0.15) is 6.61 Å². The number of nitrogens with one attached hydrogen (secondary N) is 2. The van der Waals surface area contributed by atoms with Crippen molar-refractivity contribution in [2.75, 3.05) is 13.1 Å². The second-order valence-electron chi connectivity index (χ2n) is 4.00. The number of hydrogen-bond donors (Lipinski definition) is 2. The lowest BCUT2D eigenvalue weighted by Crippen LogP contribution is -2.36. The largest absolute Gasteiger partial charge is 0.445 e. The van der Waals surface area contributed by atoms with Crippen molar-refractivity contribution >= 4 is 22.0 Å². The van der Waals surface area contributed by atoms with E-state index in [1.165, 1.54) is 0 Å². The zero-order chi connectivity index (χ0) is 12.1. The minimum Gasteiger partial charge on any atom is -0.445 e. The molecule has 1 aliphatic heterocycles. The van der Waals surface area contributed by atoms with E-state index in [2.05, 4.69) is 26.6 Å².